The predicted molar refractivity (Wildman–Crippen MR) is 105 cm³/mol. The molecule has 2 rings (SSSR count). The number of nitrogens with one attached hydrogen (secondary N) is 2. The monoisotopic (exact) mass is 400 g/mol. The Kier molecular flexibility index (Phi) is 8.02. The van der Waals surface area contributed by atoms with E-state index in [0.717, 1.165) is 5.56 Å². The molecule has 0 bridgehead atoms. The van der Waals surface area contributed by atoms with Gasteiger partial charge in [-0.05, 0) is 30.2 Å². The second-order valence-corrected chi connectivity index (χ2v) is 6.38. The lowest BCUT2D eigenvalue weighted by Crippen LogP contribution is -2.52. The van der Waals surface area contributed by atoms with Crippen LogP contribution in [0.3, 0.4) is 0 Å². The third kappa shape index (κ3) is 7.17. The number of phenols is 1. The zero-order valence-electron chi connectivity index (χ0n) is 16.3. The molecule has 2 amide bonds. The topological polar surface area (TPSA) is 114 Å². The summed E-state index contributed by atoms with van der Waals surface area (Å²) in [4.78, 5) is 36.4. The number of carbonyl (C=O) groups is 3. The molecule has 154 valence electrons. The minimum absolute atomic E-state index is 0.0544. The van der Waals surface area contributed by atoms with Crippen LogP contribution in [-0.4, -0.2) is 42.3 Å². The zero-order chi connectivity index (χ0) is 21.2. The molecule has 0 aliphatic rings. The highest BCUT2D eigenvalue weighted by molar-refractivity contribution is 5.89. The summed E-state index contributed by atoms with van der Waals surface area (Å²) in [5, 5.41) is 14.4. The van der Waals surface area contributed by atoms with Gasteiger partial charge in [0, 0.05) is 6.42 Å². The smallest absolute Gasteiger partial charge is 0.408 e. The first kappa shape index (κ1) is 21.7. The molecule has 0 aliphatic carbocycles. The molecule has 0 radical (unpaired) electrons. The van der Waals surface area contributed by atoms with Gasteiger partial charge >= 0.3 is 12.1 Å². The normalized spacial score (nSPS) is 12.3. The number of ether oxygens (including phenoxy) is 2. The Labute approximate surface area is 168 Å². The summed E-state index contributed by atoms with van der Waals surface area (Å²) in [7, 11) is 1.22. The van der Waals surface area contributed by atoms with Crippen LogP contribution in [0.1, 0.15) is 18.1 Å². The first-order valence-electron chi connectivity index (χ1n) is 9.02. The average molecular weight is 400 g/mol. The van der Waals surface area contributed by atoms with Crippen LogP contribution in [0.25, 0.3) is 0 Å². The highest BCUT2D eigenvalue weighted by atomic mass is 16.5. The van der Waals surface area contributed by atoms with Crippen LogP contribution in [0.5, 0.6) is 5.75 Å². The minimum atomic E-state index is -0.991. The quantitative estimate of drug-likeness (QED) is 0.583. The molecule has 0 saturated carbocycles. The van der Waals surface area contributed by atoms with Crippen molar-refractivity contribution in [1.82, 2.24) is 10.6 Å². The predicted octanol–water partition coefficient (Wildman–Crippen LogP) is 1.91. The summed E-state index contributed by atoms with van der Waals surface area (Å²) in [5.41, 5.74) is 1.51. The van der Waals surface area contributed by atoms with E-state index in [2.05, 4.69) is 15.4 Å². The van der Waals surface area contributed by atoms with Gasteiger partial charge in [0.1, 0.15) is 24.4 Å². The van der Waals surface area contributed by atoms with Gasteiger partial charge in [-0.3, -0.25) is 4.79 Å². The summed E-state index contributed by atoms with van der Waals surface area (Å²) in [6, 6.07) is 13.5. The fraction of sp³-hybridized carbons (Fsp3) is 0.286. The summed E-state index contributed by atoms with van der Waals surface area (Å²) in [5.74, 6) is -1.08. The molecule has 8 heteroatoms. The third-order valence-electron chi connectivity index (χ3n) is 4.11. The number of alkyl carbamates (subject to hydrolysis) is 1. The maximum Gasteiger partial charge on any atom is 0.408 e. The number of aromatic hydroxyl groups is 1. The summed E-state index contributed by atoms with van der Waals surface area (Å²) in [6.45, 7) is 1.54. The molecular formula is C21H24N2O6. The highest BCUT2D eigenvalue weighted by Gasteiger charge is 2.25. The van der Waals surface area contributed by atoms with E-state index in [1.165, 1.54) is 26.2 Å². The second kappa shape index (κ2) is 10.7. The van der Waals surface area contributed by atoms with Crippen molar-refractivity contribution < 1.29 is 29.0 Å². The van der Waals surface area contributed by atoms with Gasteiger partial charge < -0.3 is 25.2 Å². The molecule has 0 unspecified atom stereocenters. The Morgan fingerprint density at radius 2 is 1.62 bits per heavy atom. The number of phenolic OH excluding ortho intramolecular Hbond substituents is 1. The van der Waals surface area contributed by atoms with Crippen molar-refractivity contribution >= 4 is 18.0 Å². The number of carbonyl (C=O) groups excluding carboxylic acids is 3. The highest BCUT2D eigenvalue weighted by Crippen LogP contribution is 2.12. The maximum atomic E-state index is 12.6. The molecule has 0 fully saturated rings. The number of rotatable bonds is 8. The van der Waals surface area contributed by atoms with E-state index >= 15 is 0 Å². The molecule has 2 atom stereocenters. The molecule has 0 heterocycles. The average Bonchev–Trinajstić information content (AvgIpc) is 2.73. The SMILES string of the molecule is COC(=O)[C@H](C)NC(=O)[C@H](Cc1ccc(O)cc1)NC(=O)OCc1ccccc1. The van der Waals surface area contributed by atoms with Crippen molar-refractivity contribution in [1.29, 1.82) is 0 Å². The Bertz CT molecular complexity index is 823. The van der Waals surface area contributed by atoms with Gasteiger partial charge in [0.05, 0.1) is 7.11 Å². The Balaban J connectivity index is 2.04. The number of hydrogen-bond donors (Lipinski definition) is 3. The van der Waals surface area contributed by atoms with E-state index in [4.69, 9.17) is 4.74 Å². The molecule has 3 N–H and O–H groups in total. The minimum Gasteiger partial charge on any atom is -0.508 e. The van der Waals surface area contributed by atoms with Crippen molar-refractivity contribution in [2.75, 3.05) is 7.11 Å². The number of hydrogen-bond acceptors (Lipinski definition) is 6. The van der Waals surface area contributed by atoms with Crippen LogP contribution in [-0.2, 0) is 32.1 Å². The molecule has 2 aromatic carbocycles. The van der Waals surface area contributed by atoms with Crippen molar-refractivity contribution in [2.45, 2.75) is 32.0 Å². The largest absolute Gasteiger partial charge is 0.508 e. The summed E-state index contributed by atoms with van der Waals surface area (Å²) >= 11 is 0. The lowest BCUT2D eigenvalue weighted by Gasteiger charge is -2.20. The lowest BCUT2D eigenvalue weighted by molar-refractivity contribution is -0.144. The van der Waals surface area contributed by atoms with E-state index in [0.29, 0.717) is 5.56 Å². The maximum absolute atomic E-state index is 12.6. The fourth-order valence-corrected chi connectivity index (χ4v) is 2.53. The van der Waals surface area contributed by atoms with Crippen LogP contribution in [0.15, 0.2) is 54.6 Å². The molecule has 8 nitrogen and oxygen atoms in total. The van der Waals surface area contributed by atoms with E-state index in [-0.39, 0.29) is 18.8 Å². The third-order valence-corrected chi connectivity index (χ3v) is 4.11. The molecule has 29 heavy (non-hydrogen) atoms. The van der Waals surface area contributed by atoms with Crippen LogP contribution < -0.4 is 10.6 Å². The summed E-state index contributed by atoms with van der Waals surface area (Å²) < 4.78 is 9.78. The first-order chi connectivity index (χ1) is 13.9. The summed E-state index contributed by atoms with van der Waals surface area (Å²) in [6.07, 6.45) is -0.626. The van der Waals surface area contributed by atoms with Gasteiger partial charge in [-0.25, -0.2) is 9.59 Å². The molecular weight excluding hydrogens is 376 g/mol. The van der Waals surface area contributed by atoms with Crippen LogP contribution in [0.4, 0.5) is 4.79 Å². The first-order valence-corrected chi connectivity index (χ1v) is 9.02. The van der Waals surface area contributed by atoms with Gasteiger partial charge in [0.25, 0.3) is 0 Å². The number of esters is 1. The molecule has 0 aliphatic heterocycles. The fourth-order valence-electron chi connectivity index (χ4n) is 2.53. The number of benzene rings is 2. The zero-order valence-corrected chi connectivity index (χ0v) is 16.3. The molecule has 0 spiro atoms. The van der Waals surface area contributed by atoms with Gasteiger partial charge in [0.2, 0.25) is 5.91 Å². The van der Waals surface area contributed by atoms with Crippen molar-refractivity contribution in [3.05, 3.63) is 65.7 Å². The second-order valence-electron chi connectivity index (χ2n) is 6.38. The molecule has 2 aromatic rings. The standard InChI is InChI=1S/C21H24N2O6/c1-14(20(26)28-2)22-19(25)18(12-15-8-10-17(24)11-9-15)23-21(27)29-13-16-6-4-3-5-7-16/h3-11,14,18,24H,12-13H2,1-2H3,(H,22,25)(H,23,27)/t14-,18-/m0/s1. The Hall–Kier alpha value is -3.55. The van der Waals surface area contributed by atoms with Gasteiger partial charge in [-0.2, -0.15) is 0 Å². The van der Waals surface area contributed by atoms with Crippen molar-refractivity contribution in [3.8, 4) is 5.75 Å². The number of methoxy groups -OCH3 is 1. The lowest BCUT2D eigenvalue weighted by atomic mass is 10.0. The van der Waals surface area contributed by atoms with Crippen molar-refractivity contribution in [2.24, 2.45) is 0 Å². The number of amides is 2. The van der Waals surface area contributed by atoms with Gasteiger partial charge in [-0.1, -0.05) is 42.5 Å². The molecule has 0 aromatic heterocycles. The van der Waals surface area contributed by atoms with Gasteiger partial charge in [0.15, 0.2) is 0 Å². The Morgan fingerprint density at radius 1 is 0.966 bits per heavy atom. The van der Waals surface area contributed by atoms with E-state index in [1.54, 1.807) is 12.1 Å². The van der Waals surface area contributed by atoms with Crippen LogP contribution >= 0.6 is 0 Å². The van der Waals surface area contributed by atoms with E-state index in [1.807, 2.05) is 30.3 Å². The van der Waals surface area contributed by atoms with E-state index < -0.39 is 30.1 Å². The van der Waals surface area contributed by atoms with E-state index in [9.17, 15) is 19.5 Å². The van der Waals surface area contributed by atoms with Crippen molar-refractivity contribution in [3.63, 3.8) is 0 Å². The van der Waals surface area contributed by atoms with Crippen LogP contribution in [0, 0.1) is 0 Å². The van der Waals surface area contributed by atoms with Crippen LogP contribution in [0.2, 0.25) is 0 Å². The Morgan fingerprint density at radius 3 is 2.24 bits per heavy atom. The van der Waals surface area contributed by atoms with Gasteiger partial charge in [-0.15, -0.1) is 0 Å². The molecule has 0 saturated heterocycles.